The molecule has 144 valence electrons. The zero-order valence-electron chi connectivity index (χ0n) is 16.1. The number of halogens is 1. The number of aromatic nitrogens is 2. The molecule has 1 amide bonds. The smallest absolute Gasteiger partial charge is 0.225 e. The highest BCUT2D eigenvalue weighted by Crippen LogP contribution is 2.27. The van der Waals surface area contributed by atoms with Crippen molar-refractivity contribution in [2.75, 3.05) is 13.2 Å². The largest absolute Gasteiger partial charge is 0.491 e. The standard InChI is InChI=1S/C20H24ClN3O3/c1-12(24-14(3)20(15(4)25)13(2)22-24)9-19(26)23-7-8-27-18-6-5-17(21)10-16(18)11-23/h5-6,10,12H,7-9,11H2,1-4H3/t12-/m0/s1. The third-order valence-electron chi connectivity index (χ3n) is 4.92. The van der Waals surface area contributed by atoms with Crippen LogP contribution in [-0.4, -0.2) is 39.5 Å². The Bertz CT molecular complexity index is 891. The van der Waals surface area contributed by atoms with Gasteiger partial charge in [0.1, 0.15) is 12.4 Å². The van der Waals surface area contributed by atoms with Crippen molar-refractivity contribution in [3.8, 4) is 5.75 Å². The van der Waals surface area contributed by atoms with Crippen molar-refractivity contribution in [2.45, 2.75) is 46.7 Å². The highest BCUT2D eigenvalue weighted by Gasteiger charge is 2.24. The molecule has 2 heterocycles. The molecule has 0 unspecified atom stereocenters. The Hall–Kier alpha value is -2.34. The van der Waals surface area contributed by atoms with Gasteiger partial charge in [-0.1, -0.05) is 11.6 Å². The highest BCUT2D eigenvalue weighted by atomic mass is 35.5. The van der Waals surface area contributed by atoms with Gasteiger partial charge in [0.25, 0.3) is 0 Å². The number of rotatable bonds is 4. The first-order valence-corrected chi connectivity index (χ1v) is 9.41. The van der Waals surface area contributed by atoms with Gasteiger partial charge in [0.05, 0.1) is 23.8 Å². The SMILES string of the molecule is CC(=O)c1c(C)nn([C@@H](C)CC(=O)N2CCOc3ccc(Cl)cc3C2)c1C. The minimum absolute atomic E-state index is 0.00655. The fourth-order valence-corrected chi connectivity index (χ4v) is 3.84. The second-order valence-electron chi connectivity index (χ2n) is 7.02. The number of hydrogen-bond donors (Lipinski definition) is 0. The molecule has 0 radical (unpaired) electrons. The number of carbonyl (C=O) groups is 2. The molecule has 1 aromatic carbocycles. The maximum Gasteiger partial charge on any atom is 0.225 e. The van der Waals surface area contributed by atoms with Crippen LogP contribution in [0.25, 0.3) is 0 Å². The van der Waals surface area contributed by atoms with Crippen LogP contribution in [-0.2, 0) is 11.3 Å². The Labute approximate surface area is 164 Å². The number of fused-ring (bicyclic) bond motifs is 1. The Morgan fingerprint density at radius 2 is 2.07 bits per heavy atom. The molecule has 1 aliphatic rings. The zero-order chi connectivity index (χ0) is 19.7. The van der Waals surface area contributed by atoms with Gasteiger partial charge in [0.15, 0.2) is 5.78 Å². The lowest BCUT2D eigenvalue weighted by atomic mass is 10.1. The molecule has 0 spiro atoms. The first-order valence-electron chi connectivity index (χ1n) is 9.03. The monoisotopic (exact) mass is 389 g/mol. The molecule has 3 rings (SSSR count). The lowest BCUT2D eigenvalue weighted by molar-refractivity contribution is -0.132. The van der Waals surface area contributed by atoms with Crippen LogP contribution in [0.4, 0.5) is 0 Å². The third kappa shape index (κ3) is 4.00. The van der Waals surface area contributed by atoms with Crippen molar-refractivity contribution in [3.05, 3.63) is 45.7 Å². The van der Waals surface area contributed by atoms with E-state index in [9.17, 15) is 9.59 Å². The third-order valence-corrected chi connectivity index (χ3v) is 5.15. The molecule has 0 bridgehead atoms. The van der Waals surface area contributed by atoms with Crippen molar-refractivity contribution in [2.24, 2.45) is 0 Å². The van der Waals surface area contributed by atoms with E-state index >= 15 is 0 Å². The van der Waals surface area contributed by atoms with Gasteiger partial charge in [0.2, 0.25) is 5.91 Å². The van der Waals surface area contributed by atoms with E-state index < -0.39 is 0 Å². The number of ketones is 1. The van der Waals surface area contributed by atoms with Gasteiger partial charge in [-0.15, -0.1) is 0 Å². The van der Waals surface area contributed by atoms with Crippen molar-refractivity contribution in [1.82, 2.24) is 14.7 Å². The van der Waals surface area contributed by atoms with Crippen LogP contribution in [0.2, 0.25) is 5.02 Å². The molecular weight excluding hydrogens is 366 g/mol. The van der Waals surface area contributed by atoms with Crippen molar-refractivity contribution in [1.29, 1.82) is 0 Å². The molecule has 1 atom stereocenters. The van der Waals surface area contributed by atoms with Gasteiger partial charge in [-0.05, 0) is 45.9 Å². The Morgan fingerprint density at radius 1 is 1.33 bits per heavy atom. The maximum absolute atomic E-state index is 12.9. The number of aryl methyl sites for hydroxylation is 1. The molecule has 6 nitrogen and oxygen atoms in total. The van der Waals surface area contributed by atoms with Crippen LogP contribution in [0.15, 0.2) is 18.2 Å². The van der Waals surface area contributed by atoms with Crippen molar-refractivity contribution < 1.29 is 14.3 Å². The van der Waals surface area contributed by atoms with Gasteiger partial charge in [-0.2, -0.15) is 5.10 Å². The van der Waals surface area contributed by atoms with E-state index in [0.717, 1.165) is 17.0 Å². The fraction of sp³-hybridized carbons (Fsp3) is 0.450. The molecule has 0 N–H and O–H groups in total. The lowest BCUT2D eigenvalue weighted by Gasteiger charge is -2.22. The zero-order valence-corrected chi connectivity index (χ0v) is 16.8. The number of Topliss-reactive ketones (excluding diaryl/α,β-unsaturated/α-hetero) is 1. The Balaban J connectivity index is 1.75. The summed E-state index contributed by atoms with van der Waals surface area (Å²) >= 11 is 6.08. The normalized spacial score (nSPS) is 14.9. The molecule has 1 aliphatic heterocycles. The molecule has 0 fully saturated rings. The van der Waals surface area contributed by atoms with Gasteiger partial charge < -0.3 is 9.64 Å². The Morgan fingerprint density at radius 3 is 2.74 bits per heavy atom. The van der Waals surface area contributed by atoms with Crippen LogP contribution < -0.4 is 4.74 Å². The molecule has 27 heavy (non-hydrogen) atoms. The number of amides is 1. The van der Waals surface area contributed by atoms with E-state index in [-0.39, 0.29) is 17.7 Å². The maximum atomic E-state index is 12.9. The minimum atomic E-state index is -0.146. The predicted molar refractivity (Wildman–Crippen MR) is 103 cm³/mol. The number of carbonyl (C=O) groups excluding carboxylic acids is 2. The first kappa shape index (κ1) is 19.4. The lowest BCUT2D eigenvalue weighted by Crippen LogP contribution is -2.34. The predicted octanol–water partition coefficient (Wildman–Crippen LogP) is 3.73. The molecule has 7 heteroatoms. The molecule has 0 aliphatic carbocycles. The van der Waals surface area contributed by atoms with Crippen LogP contribution in [0.5, 0.6) is 5.75 Å². The average Bonchev–Trinajstić information content (AvgIpc) is 2.77. The van der Waals surface area contributed by atoms with E-state index in [1.54, 1.807) is 15.6 Å². The second kappa shape index (κ2) is 7.72. The van der Waals surface area contributed by atoms with Gasteiger partial charge in [-0.3, -0.25) is 14.3 Å². The average molecular weight is 390 g/mol. The summed E-state index contributed by atoms with van der Waals surface area (Å²) < 4.78 is 7.51. The van der Waals surface area contributed by atoms with Crippen LogP contribution in [0, 0.1) is 13.8 Å². The van der Waals surface area contributed by atoms with Crippen LogP contribution in [0.1, 0.15) is 53.6 Å². The van der Waals surface area contributed by atoms with Gasteiger partial charge >= 0.3 is 0 Å². The summed E-state index contributed by atoms with van der Waals surface area (Å²) in [6, 6.07) is 5.32. The Kier molecular flexibility index (Phi) is 5.56. The number of hydrogen-bond acceptors (Lipinski definition) is 4. The van der Waals surface area contributed by atoms with E-state index in [2.05, 4.69) is 5.10 Å². The molecule has 0 saturated carbocycles. The number of nitrogens with zero attached hydrogens (tertiary/aromatic N) is 3. The van der Waals surface area contributed by atoms with Crippen LogP contribution in [0.3, 0.4) is 0 Å². The van der Waals surface area contributed by atoms with Crippen molar-refractivity contribution in [3.63, 3.8) is 0 Å². The number of benzene rings is 1. The highest BCUT2D eigenvalue weighted by molar-refractivity contribution is 6.30. The summed E-state index contributed by atoms with van der Waals surface area (Å²) in [7, 11) is 0. The molecule has 1 aromatic heterocycles. The minimum Gasteiger partial charge on any atom is -0.491 e. The summed E-state index contributed by atoms with van der Waals surface area (Å²) in [5.74, 6) is 0.788. The summed E-state index contributed by atoms with van der Waals surface area (Å²) in [6.07, 6.45) is 0.301. The van der Waals surface area contributed by atoms with E-state index in [1.165, 1.54) is 6.92 Å². The van der Waals surface area contributed by atoms with Crippen LogP contribution >= 0.6 is 11.6 Å². The van der Waals surface area contributed by atoms with E-state index in [1.807, 2.05) is 32.9 Å². The summed E-state index contributed by atoms with van der Waals surface area (Å²) in [6.45, 7) is 8.61. The summed E-state index contributed by atoms with van der Waals surface area (Å²) in [4.78, 5) is 26.5. The first-order chi connectivity index (χ1) is 12.8. The van der Waals surface area contributed by atoms with Gasteiger partial charge in [0, 0.05) is 29.2 Å². The quantitative estimate of drug-likeness (QED) is 0.747. The summed E-state index contributed by atoms with van der Waals surface area (Å²) in [5.41, 5.74) is 3.05. The fourth-order valence-electron chi connectivity index (χ4n) is 3.65. The molecule has 0 saturated heterocycles. The van der Waals surface area contributed by atoms with Crippen molar-refractivity contribution >= 4 is 23.3 Å². The second-order valence-corrected chi connectivity index (χ2v) is 7.45. The van der Waals surface area contributed by atoms with E-state index in [0.29, 0.717) is 42.4 Å². The molecule has 2 aromatic rings. The van der Waals surface area contributed by atoms with E-state index in [4.69, 9.17) is 16.3 Å². The summed E-state index contributed by atoms with van der Waals surface area (Å²) in [5, 5.41) is 5.10. The number of ether oxygens (including phenoxy) is 1. The topological polar surface area (TPSA) is 64.4 Å². The molecular formula is C20H24ClN3O3. The van der Waals surface area contributed by atoms with Gasteiger partial charge in [-0.25, -0.2) is 0 Å².